The maximum absolute atomic E-state index is 13.2. The van der Waals surface area contributed by atoms with E-state index in [9.17, 15) is 18.0 Å². The fourth-order valence-electron chi connectivity index (χ4n) is 4.11. The van der Waals surface area contributed by atoms with Crippen LogP contribution in [0, 0.1) is 22.7 Å². The number of alkyl halides is 3. The van der Waals surface area contributed by atoms with E-state index in [-0.39, 0.29) is 29.5 Å². The average molecular weight is 365 g/mol. The van der Waals surface area contributed by atoms with Crippen LogP contribution in [0.25, 0.3) is 0 Å². The zero-order valence-corrected chi connectivity index (χ0v) is 14.5. The number of hydrogen-bond donors (Lipinski definition) is 2. The molecule has 0 radical (unpaired) electrons. The number of nitrogens with zero attached hydrogens (tertiary/aromatic N) is 1. The number of carbonyl (C=O) groups is 1. The molecule has 3 rings (SSSR count). The van der Waals surface area contributed by atoms with Gasteiger partial charge in [-0.05, 0) is 61.8 Å². The summed E-state index contributed by atoms with van der Waals surface area (Å²) >= 11 is 0. The molecule has 7 heteroatoms. The van der Waals surface area contributed by atoms with E-state index in [0.29, 0.717) is 5.41 Å². The van der Waals surface area contributed by atoms with Crippen molar-refractivity contribution in [1.82, 2.24) is 10.6 Å². The first-order valence-electron chi connectivity index (χ1n) is 8.92. The lowest BCUT2D eigenvalue weighted by atomic mass is 9.70. The molecule has 4 nitrogen and oxygen atoms in total. The van der Waals surface area contributed by atoms with Crippen LogP contribution in [0.4, 0.5) is 13.2 Å². The summed E-state index contributed by atoms with van der Waals surface area (Å²) in [6, 6.07) is 5.15. The average Bonchev–Trinajstić information content (AvgIpc) is 3.07. The molecule has 1 aromatic rings. The molecule has 2 fully saturated rings. The third-order valence-corrected chi connectivity index (χ3v) is 5.75. The van der Waals surface area contributed by atoms with Crippen molar-refractivity contribution in [2.24, 2.45) is 11.3 Å². The Bertz CT molecular complexity index is 708. The summed E-state index contributed by atoms with van der Waals surface area (Å²) in [7, 11) is 0. The van der Waals surface area contributed by atoms with Crippen LogP contribution >= 0.6 is 0 Å². The molecule has 140 valence electrons. The molecule has 0 atom stereocenters. The number of hydrogen-bond acceptors (Lipinski definition) is 3. The molecule has 2 N–H and O–H groups in total. The predicted octanol–water partition coefficient (Wildman–Crippen LogP) is 3.36. The lowest BCUT2D eigenvalue weighted by molar-refractivity contribution is -0.138. The summed E-state index contributed by atoms with van der Waals surface area (Å²) in [6.07, 6.45) is 0.132. The van der Waals surface area contributed by atoms with Crippen molar-refractivity contribution in [2.75, 3.05) is 13.1 Å². The number of rotatable bonds is 3. The highest BCUT2D eigenvalue weighted by molar-refractivity contribution is 5.78. The van der Waals surface area contributed by atoms with E-state index in [1.165, 1.54) is 12.1 Å². The molecule has 1 aliphatic heterocycles. The van der Waals surface area contributed by atoms with Crippen LogP contribution in [-0.4, -0.2) is 19.0 Å². The van der Waals surface area contributed by atoms with Gasteiger partial charge in [-0.25, -0.2) is 0 Å². The summed E-state index contributed by atoms with van der Waals surface area (Å²) in [5.41, 5.74) is -0.614. The Morgan fingerprint density at radius 2 is 2.04 bits per heavy atom. The van der Waals surface area contributed by atoms with Crippen LogP contribution in [0.3, 0.4) is 0 Å². The molecular formula is C19H22F3N3O. The van der Waals surface area contributed by atoms with Gasteiger partial charge in [-0.1, -0.05) is 6.07 Å². The molecular weight excluding hydrogens is 343 g/mol. The monoisotopic (exact) mass is 365 g/mol. The van der Waals surface area contributed by atoms with Gasteiger partial charge < -0.3 is 10.6 Å². The van der Waals surface area contributed by atoms with Crippen molar-refractivity contribution >= 4 is 5.91 Å². The second-order valence-corrected chi connectivity index (χ2v) is 7.40. The van der Waals surface area contributed by atoms with E-state index in [2.05, 4.69) is 10.6 Å². The Morgan fingerprint density at radius 1 is 1.31 bits per heavy atom. The number of nitriles is 1. The molecule has 1 saturated carbocycles. The van der Waals surface area contributed by atoms with E-state index >= 15 is 0 Å². The summed E-state index contributed by atoms with van der Waals surface area (Å²) < 4.78 is 39.6. The Kier molecular flexibility index (Phi) is 5.24. The van der Waals surface area contributed by atoms with Gasteiger partial charge in [-0.15, -0.1) is 0 Å². The molecule has 1 aliphatic carbocycles. The van der Waals surface area contributed by atoms with Gasteiger partial charge in [0.05, 0.1) is 17.2 Å². The van der Waals surface area contributed by atoms with Gasteiger partial charge in [0.2, 0.25) is 5.91 Å². The van der Waals surface area contributed by atoms with E-state index in [4.69, 9.17) is 5.26 Å². The number of nitrogens with one attached hydrogen (secondary N) is 2. The van der Waals surface area contributed by atoms with Crippen LogP contribution < -0.4 is 10.6 Å². The number of amides is 1. The van der Waals surface area contributed by atoms with Crippen molar-refractivity contribution in [3.8, 4) is 6.07 Å². The molecule has 1 amide bonds. The van der Waals surface area contributed by atoms with Crippen molar-refractivity contribution in [3.63, 3.8) is 0 Å². The summed E-state index contributed by atoms with van der Waals surface area (Å²) in [5, 5.41) is 14.8. The first-order chi connectivity index (χ1) is 12.3. The molecule has 1 aromatic carbocycles. The third kappa shape index (κ3) is 4.01. The Morgan fingerprint density at radius 3 is 2.62 bits per heavy atom. The van der Waals surface area contributed by atoms with Gasteiger partial charge in [-0.2, -0.15) is 18.4 Å². The molecule has 0 bridgehead atoms. The second kappa shape index (κ2) is 7.28. The molecule has 0 aromatic heterocycles. The van der Waals surface area contributed by atoms with Gasteiger partial charge in [0.1, 0.15) is 0 Å². The number of halogens is 3. The van der Waals surface area contributed by atoms with Gasteiger partial charge in [0.15, 0.2) is 0 Å². The molecule has 0 unspecified atom stereocenters. The van der Waals surface area contributed by atoms with E-state index in [1.54, 1.807) is 6.07 Å². The van der Waals surface area contributed by atoms with Gasteiger partial charge in [0.25, 0.3) is 0 Å². The fourth-order valence-corrected chi connectivity index (χ4v) is 4.11. The van der Waals surface area contributed by atoms with E-state index in [1.807, 2.05) is 0 Å². The van der Waals surface area contributed by atoms with Crippen molar-refractivity contribution in [1.29, 1.82) is 5.26 Å². The van der Waals surface area contributed by atoms with E-state index < -0.39 is 11.7 Å². The molecule has 2 aliphatic rings. The summed E-state index contributed by atoms with van der Waals surface area (Å²) in [5.74, 6) is -0.308. The number of carbonyl (C=O) groups excluding carboxylic acids is 1. The van der Waals surface area contributed by atoms with Crippen LogP contribution in [-0.2, 0) is 17.5 Å². The highest BCUT2D eigenvalue weighted by Crippen LogP contribution is 2.43. The van der Waals surface area contributed by atoms with Crippen LogP contribution in [0.5, 0.6) is 0 Å². The predicted molar refractivity (Wildman–Crippen MR) is 89.9 cm³/mol. The van der Waals surface area contributed by atoms with Crippen LogP contribution in [0.15, 0.2) is 18.2 Å². The SMILES string of the molecule is N#Cc1ccc(CNC(=O)C2CCC3(CCNC3)CC2)c(C(F)(F)F)c1. The molecule has 1 heterocycles. The molecule has 26 heavy (non-hydrogen) atoms. The minimum atomic E-state index is -4.56. The largest absolute Gasteiger partial charge is 0.416 e. The van der Waals surface area contributed by atoms with Gasteiger partial charge in [-0.3, -0.25) is 4.79 Å². The van der Waals surface area contributed by atoms with Crippen LogP contribution in [0.2, 0.25) is 0 Å². The summed E-state index contributed by atoms with van der Waals surface area (Å²) in [4.78, 5) is 12.4. The zero-order valence-electron chi connectivity index (χ0n) is 14.5. The Hall–Kier alpha value is -2.07. The fraction of sp³-hybridized carbons (Fsp3) is 0.579. The Balaban J connectivity index is 1.61. The molecule has 1 spiro atoms. The first kappa shape index (κ1) is 18.7. The normalized spacial score (nSPS) is 25.8. The highest BCUT2D eigenvalue weighted by atomic mass is 19.4. The smallest absolute Gasteiger partial charge is 0.352 e. The van der Waals surface area contributed by atoms with E-state index in [0.717, 1.165) is 51.3 Å². The topological polar surface area (TPSA) is 64.9 Å². The Labute approximate surface area is 150 Å². The van der Waals surface area contributed by atoms with Crippen molar-refractivity contribution < 1.29 is 18.0 Å². The second-order valence-electron chi connectivity index (χ2n) is 7.40. The van der Waals surface area contributed by atoms with Crippen molar-refractivity contribution in [3.05, 3.63) is 34.9 Å². The third-order valence-electron chi connectivity index (χ3n) is 5.75. The van der Waals surface area contributed by atoms with Gasteiger partial charge in [0, 0.05) is 19.0 Å². The standard InChI is InChI=1S/C19H22F3N3O/c20-19(21,22)16-9-13(10-23)1-2-15(16)11-25-17(26)14-3-5-18(6-4-14)7-8-24-12-18/h1-2,9,14,24H,3-8,11-12H2,(H,25,26). The first-order valence-corrected chi connectivity index (χ1v) is 8.92. The zero-order chi connectivity index (χ0) is 18.8. The maximum atomic E-state index is 13.2. The van der Waals surface area contributed by atoms with Crippen molar-refractivity contribution in [2.45, 2.75) is 44.8 Å². The number of benzene rings is 1. The molecule has 1 saturated heterocycles. The minimum absolute atomic E-state index is 0.0166. The lowest BCUT2D eigenvalue weighted by Gasteiger charge is -2.36. The minimum Gasteiger partial charge on any atom is -0.352 e. The van der Waals surface area contributed by atoms with Gasteiger partial charge >= 0.3 is 6.18 Å². The summed E-state index contributed by atoms with van der Waals surface area (Å²) in [6.45, 7) is 1.85. The quantitative estimate of drug-likeness (QED) is 0.863. The highest BCUT2D eigenvalue weighted by Gasteiger charge is 2.39. The maximum Gasteiger partial charge on any atom is 0.416 e. The van der Waals surface area contributed by atoms with Crippen LogP contribution in [0.1, 0.15) is 48.8 Å². The lowest BCUT2D eigenvalue weighted by Crippen LogP contribution is -2.37.